The predicted molar refractivity (Wildman–Crippen MR) is 96.3 cm³/mol. The summed E-state index contributed by atoms with van der Waals surface area (Å²) in [4.78, 5) is 24.9. The fourth-order valence-corrected chi connectivity index (χ4v) is 2.39. The Morgan fingerprint density at radius 2 is 1.68 bits per heavy atom. The number of hydrogen-bond donors (Lipinski definition) is 3. The molecule has 1 unspecified atom stereocenters. The third-order valence-electron chi connectivity index (χ3n) is 4.16. The standard InChI is InChI=1S/C19H19F4N3O2/c1-12(18(28)25-15-8-6-13(7-9-15)19(21,22)23)26(2)11-17(27)24-16-5-3-4-14(20)10-16/h3-10,12H,11H2,1-2H3,(H,24,27)(H,25,28)/p+1/t12-/m0/s1. The molecule has 0 bridgehead atoms. The lowest BCUT2D eigenvalue weighted by atomic mass is 10.2. The molecule has 0 aliphatic carbocycles. The predicted octanol–water partition coefficient (Wildman–Crippen LogP) is 2.32. The van der Waals surface area contributed by atoms with Crippen molar-refractivity contribution in [2.75, 3.05) is 24.2 Å². The maximum Gasteiger partial charge on any atom is 0.416 e. The lowest BCUT2D eigenvalue weighted by molar-refractivity contribution is -0.885. The van der Waals surface area contributed by atoms with E-state index in [0.29, 0.717) is 10.6 Å². The quantitative estimate of drug-likeness (QED) is 0.654. The van der Waals surface area contributed by atoms with Crippen molar-refractivity contribution < 1.29 is 32.1 Å². The maximum absolute atomic E-state index is 13.1. The molecule has 0 fully saturated rings. The summed E-state index contributed by atoms with van der Waals surface area (Å²) in [5.41, 5.74) is -0.281. The largest absolute Gasteiger partial charge is 0.416 e. The van der Waals surface area contributed by atoms with Crippen molar-refractivity contribution in [3.05, 3.63) is 59.9 Å². The summed E-state index contributed by atoms with van der Waals surface area (Å²) in [6.45, 7) is 1.53. The van der Waals surface area contributed by atoms with Gasteiger partial charge in [0.05, 0.1) is 12.6 Å². The molecule has 0 aliphatic rings. The van der Waals surface area contributed by atoms with E-state index < -0.39 is 35.4 Å². The fourth-order valence-electron chi connectivity index (χ4n) is 2.39. The molecule has 9 heteroatoms. The Morgan fingerprint density at radius 1 is 1.04 bits per heavy atom. The average molecular weight is 398 g/mol. The van der Waals surface area contributed by atoms with Crippen LogP contribution < -0.4 is 15.5 Å². The van der Waals surface area contributed by atoms with Crippen LogP contribution in [0.5, 0.6) is 0 Å². The number of hydrogen-bond acceptors (Lipinski definition) is 2. The highest BCUT2D eigenvalue weighted by Crippen LogP contribution is 2.29. The van der Waals surface area contributed by atoms with E-state index in [1.807, 2.05) is 0 Å². The summed E-state index contributed by atoms with van der Waals surface area (Å²) in [5.74, 6) is -1.34. The molecule has 150 valence electrons. The van der Waals surface area contributed by atoms with Gasteiger partial charge in [-0.25, -0.2) is 4.39 Å². The smallest absolute Gasteiger partial charge is 0.321 e. The molecular weight excluding hydrogens is 378 g/mol. The van der Waals surface area contributed by atoms with Gasteiger partial charge in [-0.15, -0.1) is 0 Å². The minimum atomic E-state index is -4.45. The number of quaternary nitrogens is 1. The fraction of sp³-hybridized carbons (Fsp3) is 0.263. The lowest BCUT2D eigenvalue weighted by Gasteiger charge is -2.20. The maximum atomic E-state index is 13.1. The van der Waals surface area contributed by atoms with Crippen LogP contribution in [0.4, 0.5) is 28.9 Å². The van der Waals surface area contributed by atoms with Gasteiger partial charge in [-0.1, -0.05) is 6.07 Å². The van der Waals surface area contributed by atoms with Crippen molar-refractivity contribution in [3.63, 3.8) is 0 Å². The number of benzene rings is 2. The molecule has 0 aromatic heterocycles. The van der Waals surface area contributed by atoms with Crippen molar-refractivity contribution >= 4 is 23.2 Å². The van der Waals surface area contributed by atoms with Crippen molar-refractivity contribution in [2.45, 2.75) is 19.1 Å². The van der Waals surface area contributed by atoms with Crippen molar-refractivity contribution in [3.8, 4) is 0 Å². The van der Waals surface area contributed by atoms with Crippen molar-refractivity contribution in [1.29, 1.82) is 0 Å². The summed E-state index contributed by atoms with van der Waals surface area (Å²) >= 11 is 0. The second-order valence-corrected chi connectivity index (χ2v) is 6.37. The minimum Gasteiger partial charge on any atom is -0.321 e. The normalized spacial score (nSPS) is 13.5. The highest BCUT2D eigenvalue weighted by Gasteiger charge is 2.30. The van der Waals surface area contributed by atoms with Gasteiger partial charge in [0.2, 0.25) is 0 Å². The molecule has 0 saturated carbocycles. The molecule has 28 heavy (non-hydrogen) atoms. The van der Waals surface area contributed by atoms with Gasteiger partial charge in [-0.3, -0.25) is 9.59 Å². The Bertz CT molecular complexity index is 838. The van der Waals surface area contributed by atoms with E-state index in [-0.39, 0.29) is 12.2 Å². The number of anilines is 2. The summed E-state index contributed by atoms with van der Waals surface area (Å²) < 4.78 is 50.8. The van der Waals surface area contributed by atoms with E-state index in [1.165, 1.54) is 36.4 Å². The van der Waals surface area contributed by atoms with Gasteiger partial charge in [0.25, 0.3) is 11.8 Å². The second-order valence-electron chi connectivity index (χ2n) is 6.37. The first kappa shape index (κ1) is 21.4. The van der Waals surface area contributed by atoms with Crippen LogP contribution in [0.25, 0.3) is 0 Å². The summed E-state index contributed by atoms with van der Waals surface area (Å²) in [5, 5.41) is 5.06. The SMILES string of the molecule is C[C@@H](C(=O)Nc1ccc(C(F)(F)F)cc1)[NH+](C)CC(=O)Nc1cccc(F)c1. The van der Waals surface area contributed by atoms with Crippen LogP contribution in [0, 0.1) is 5.82 Å². The molecule has 0 heterocycles. The van der Waals surface area contributed by atoms with Crippen LogP contribution in [-0.4, -0.2) is 31.4 Å². The number of alkyl halides is 3. The van der Waals surface area contributed by atoms with Crippen LogP contribution >= 0.6 is 0 Å². The zero-order valence-corrected chi connectivity index (χ0v) is 15.2. The highest BCUT2D eigenvalue weighted by atomic mass is 19.4. The van der Waals surface area contributed by atoms with Crippen molar-refractivity contribution in [2.24, 2.45) is 0 Å². The van der Waals surface area contributed by atoms with Crippen LogP contribution in [0.15, 0.2) is 48.5 Å². The topological polar surface area (TPSA) is 62.6 Å². The third kappa shape index (κ3) is 6.05. The Morgan fingerprint density at radius 3 is 2.25 bits per heavy atom. The molecule has 0 aliphatic heterocycles. The molecule has 0 spiro atoms. The van der Waals surface area contributed by atoms with Gasteiger partial charge in [-0.05, 0) is 49.4 Å². The van der Waals surface area contributed by atoms with E-state index in [1.54, 1.807) is 14.0 Å². The first-order valence-electron chi connectivity index (χ1n) is 8.42. The Labute approximate surface area is 159 Å². The number of likely N-dealkylation sites (N-methyl/N-ethyl adjacent to an activating group) is 1. The first-order chi connectivity index (χ1) is 13.1. The number of amides is 2. The summed E-state index contributed by atoms with van der Waals surface area (Å²) in [7, 11) is 1.63. The Balaban J connectivity index is 1.90. The molecule has 2 amide bonds. The molecule has 0 saturated heterocycles. The third-order valence-corrected chi connectivity index (χ3v) is 4.16. The highest BCUT2D eigenvalue weighted by molar-refractivity contribution is 5.94. The van der Waals surface area contributed by atoms with E-state index >= 15 is 0 Å². The number of carbonyl (C=O) groups excluding carboxylic acids is 2. The molecular formula is C19H20F4N3O2+. The number of nitrogens with one attached hydrogen (secondary N) is 3. The minimum absolute atomic E-state index is 0.0574. The average Bonchev–Trinajstić information content (AvgIpc) is 2.60. The zero-order chi connectivity index (χ0) is 20.9. The van der Waals surface area contributed by atoms with Gasteiger partial charge in [-0.2, -0.15) is 13.2 Å². The molecule has 2 aromatic rings. The van der Waals surface area contributed by atoms with Crippen LogP contribution in [0.1, 0.15) is 12.5 Å². The molecule has 2 rings (SSSR count). The summed E-state index contributed by atoms with van der Waals surface area (Å²) in [6, 6.07) is 8.86. The number of halogens is 4. The van der Waals surface area contributed by atoms with E-state index in [0.717, 1.165) is 12.1 Å². The Hall–Kier alpha value is -2.94. The number of carbonyl (C=O) groups is 2. The van der Waals surface area contributed by atoms with E-state index in [2.05, 4.69) is 10.6 Å². The molecule has 0 radical (unpaired) electrons. The first-order valence-corrected chi connectivity index (χ1v) is 8.42. The molecule has 5 nitrogen and oxygen atoms in total. The molecule has 2 atom stereocenters. The zero-order valence-electron chi connectivity index (χ0n) is 15.2. The van der Waals surface area contributed by atoms with Gasteiger partial charge in [0.15, 0.2) is 12.6 Å². The second kappa shape index (κ2) is 8.83. The van der Waals surface area contributed by atoms with Crippen LogP contribution in [0.2, 0.25) is 0 Å². The Kier molecular flexibility index (Phi) is 6.74. The lowest BCUT2D eigenvalue weighted by Crippen LogP contribution is -3.14. The van der Waals surface area contributed by atoms with E-state index in [9.17, 15) is 27.2 Å². The van der Waals surface area contributed by atoms with Gasteiger partial charge < -0.3 is 15.5 Å². The van der Waals surface area contributed by atoms with Gasteiger partial charge in [0.1, 0.15) is 5.82 Å². The summed E-state index contributed by atoms with van der Waals surface area (Å²) in [6.07, 6.45) is -4.45. The number of rotatable bonds is 6. The monoisotopic (exact) mass is 398 g/mol. The van der Waals surface area contributed by atoms with E-state index in [4.69, 9.17) is 0 Å². The van der Waals surface area contributed by atoms with Crippen LogP contribution in [-0.2, 0) is 15.8 Å². The van der Waals surface area contributed by atoms with Gasteiger partial charge in [0, 0.05) is 11.4 Å². The molecule has 3 N–H and O–H groups in total. The van der Waals surface area contributed by atoms with Gasteiger partial charge >= 0.3 is 6.18 Å². The van der Waals surface area contributed by atoms with Crippen molar-refractivity contribution in [1.82, 2.24) is 0 Å². The van der Waals surface area contributed by atoms with Crippen LogP contribution in [0.3, 0.4) is 0 Å². The molecule has 2 aromatic carbocycles.